The minimum atomic E-state index is 0.122. The van der Waals surface area contributed by atoms with Crippen LogP contribution in [-0.2, 0) is 4.74 Å². The first-order valence-corrected chi connectivity index (χ1v) is 9.52. The smallest absolute Gasteiger partial charge is 0.257 e. The van der Waals surface area contributed by atoms with Crippen molar-refractivity contribution in [3.63, 3.8) is 0 Å². The van der Waals surface area contributed by atoms with Crippen molar-refractivity contribution >= 4 is 0 Å². The Balaban J connectivity index is 1.42. The van der Waals surface area contributed by atoms with Gasteiger partial charge in [0, 0.05) is 24.7 Å². The molecule has 0 saturated carbocycles. The van der Waals surface area contributed by atoms with Crippen molar-refractivity contribution in [2.45, 2.75) is 32.4 Å². The number of hydrogen-bond acceptors (Lipinski definition) is 5. The predicted octanol–water partition coefficient (Wildman–Crippen LogP) is 4.57. The van der Waals surface area contributed by atoms with Gasteiger partial charge >= 0.3 is 0 Å². The maximum absolute atomic E-state index is 6.16. The van der Waals surface area contributed by atoms with Gasteiger partial charge < -0.3 is 9.26 Å². The molecule has 1 aromatic heterocycles. The van der Waals surface area contributed by atoms with Gasteiger partial charge in [-0.1, -0.05) is 47.6 Å². The van der Waals surface area contributed by atoms with E-state index >= 15 is 0 Å². The third-order valence-corrected chi connectivity index (χ3v) is 5.26. The van der Waals surface area contributed by atoms with Gasteiger partial charge in [0.2, 0.25) is 0 Å². The molecule has 2 heterocycles. The molecule has 0 N–H and O–H groups in total. The molecule has 0 aliphatic carbocycles. The Morgan fingerprint density at radius 1 is 1.04 bits per heavy atom. The van der Waals surface area contributed by atoms with Crippen molar-refractivity contribution in [3.8, 4) is 11.5 Å². The van der Waals surface area contributed by atoms with Gasteiger partial charge in [0.05, 0.1) is 12.7 Å². The van der Waals surface area contributed by atoms with E-state index in [-0.39, 0.29) is 6.10 Å². The Kier molecular flexibility index (Phi) is 5.32. The Morgan fingerprint density at radius 2 is 1.81 bits per heavy atom. The molecule has 2 unspecified atom stereocenters. The van der Waals surface area contributed by atoms with E-state index in [2.05, 4.69) is 64.4 Å². The lowest BCUT2D eigenvalue weighted by Gasteiger charge is -2.27. The van der Waals surface area contributed by atoms with Gasteiger partial charge in [-0.25, -0.2) is 0 Å². The molecule has 2 aromatic carbocycles. The zero-order chi connectivity index (χ0) is 18.6. The SMILES string of the molecule is Cc1noc(-c2ccc(C3CCN(C(C)c4ccccc4)CCO3)cc2)n1. The lowest BCUT2D eigenvalue weighted by molar-refractivity contribution is 0.0605. The minimum Gasteiger partial charge on any atom is -0.372 e. The first kappa shape index (κ1) is 17.9. The summed E-state index contributed by atoms with van der Waals surface area (Å²) in [5, 5.41) is 3.85. The van der Waals surface area contributed by atoms with Crippen LogP contribution >= 0.6 is 0 Å². The van der Waals surface area contributed by atoms with Gasteiger partial charge in [0.15, 0.2) is 5.82 Å². The summed E-state index contributed by atoms with van der Waals surface area (Å²) in [6, 6.07) is 19.4. The normalized spacial score (nSPS) is 19.6. The zero-order valence-electron chi connectivity index (χ0n) is 15.8. The van der Waals surface area contributed by atoms with E-state index in [1.54, 1.807) is 0 Å². The molecule has 5 heteroatoms. The van der Waals surface area contributed by atoms with Crippen LogP contribution in [0.4, 0.5) is 0 Å². The maximum Gasteiger partial charge on any atom is 0.257 e. The number of nitrogens with zero attached hydrogens (tertiary/aromatic N) is 3. The maximum atomic E-state index is 6.16. The van der Waals surface area contributed by atoms with Crippen LogP contribution in [0, 0.1) is 6.92 Å². The number of ether oxygens (including phenoxy) is 1. The van der Waals surface area contributed by atoms with Crippen LogP contribution in [0.2, 0.25) is 0 Å². The summed E-state index contributed by atoms with van der Waals surface area (Å²) in [5.74, 6) is 1.21. The van der Waals surface area contributed by atoms with Crippen LogP contribution in [0.1, 0.15) is 42.4 Å². The van der Waals surface area contributed by atoms with Gasteiger partial charge in [-0.15, -0.1) is 0 Å². The molecule has 0 radical (unpaired) electrons. The van der Waals surface area contributed by atoms with Crippen LogP contribution in [0.3, 0.4) is 0 Å². The summed E-state index contributed by atoms with van der Waals surface area (Å²) in [6.07, 6.45) is 1.10. The summed E-state index contributed by atoms with van der Waals surface area (Å²) >= 11 is 0. The number of rotatable bonds is 4. The van der Waals surface area contributed by atoms with Crippen LogP contribution in [0.25, 0.3) is 11.5 Å². The zero-order valence-corrected chi connectivity index (χ0v) is 15.8. The first-order valence-electron chi connectivity index (χ1n) is 9.52. The molecular formula is C22H25N3O2. The Labute approximate surface area is 160 Å². The molecule has 140 valence electrons. The van der Waals surface area contributed by atoms with Crippen molar-refractivity contribution in [2.24, 2.45) is 0 Å². The second-order valence-corrected chi connectivity index (χ2v) is 7.04. The van der Waals surface area contributed by atoms with Crippen molar-refractivity contribution in [3.05, 3.63) is 71.5 Å². The molecule has 0 bridgehead atoms. The lowest BCUT2D eigenvalue weighted by Crippen LogP contribution is -2.29. The quantitative estimate of drug-likeness (QED) is 0.680. The molecule has 1 aliphatic heterocycles. The van der Waals surface area contributed by atoms with E-state index in [4.69, 9.17) is 9.26 Å². The van der Waals surface area contributed by atoms with Crippen LogP contribution in [-0.4, -0.2) is 34.7 Å². The topological polar surface area (TPSA) is 51.4 Å². The number of benzene rings is 2. The third-order valence-electron chi connectivity index (χ3n) is 5.26. The highest BCUT2D eigenvalue weighted by Gasteiger charge is 2.23. The van der Waals surface area contributed by atoms with Crippen molar-refractivity contribution < 1.29 is 9.26 Å². The molecule has 2 atom stereocenters. The fourth-order valence-electron chi connectivity index (χ4n) is 3.64. The molecular weight excluding hydrogens is 338 g/mol. The van der Waals surface area contributed by atoms with Crippen LogP contribution in [0.5, 0.6) is 0 Å². The van der Waals surface area contributed by atoms with Crippen LogP contribution < -0.4 is 0 Å². The molecule has 0 spiro atoms. The van der Waals surface area contributed by atoms with E-state index in [9.17, 15) is 0 Å². The molecule has 3 aromatic rings. The monoisotopic (exact) mass is 363 g/mol. The Bertz CT molecular complexity index is 861. The summed E-state index contributed by atoms with van der Waals surface area (Å²) in [7, 11) is 0. The average Bonchev–Trinajstić information content (AvgIpc) is 3.00. The van der Waals surface area contributed by atoms with E-state index in [1.807, 2.05) is 19.1 Å². The van der Waals surface area contributed by atoms with Gasteiger partial charge in [-0.05, 0) is 43.5 Å². The number of hydrogen-bond donors (Lipinski definition) is 0. The van der Waals surface area contributed by atoms with E-state index in [0.29, 0.717) is 17.8 Å². The highest BCUT2D eigenvalue weighted by molar-refractivity contribution is 5.53. The molecule has 4 rings (SSSR count). The minimum absolute atomic E-state index is 0.122. The second kappa shape index (κ2) is 8.03. The number of aromatic nitrogens is 2. The predicted molar refractivity (Wildman–Crippen MR) is 104 cm³/mol. The molecule has 1 aliphatic rings. The Hall–Kier alpha value is -2.50. The molecule has 0 amide bonds. The number of aryl methyl sites for hydroxylation is 1. The summed E-state index contributed by atoms with van der Waals surface area (Å²) < 4.78 is 11.4. The summed E-state index contributed by atoms with van der Waals surface area (Å²) in [6.45, 7) is 6.81. The molecule has 27 heavy (non-hydrogen) atoms. The highest BCUT2D eigenvalue weighted by atomic mass is 16.5. The van der Waals surface area contributed by atoms with Gasteiger partial charge in [-0.3, -0.25) is 4.90 Å². The van der Waals surface area contributed by atoms with Gasteiger partial charge in [-0.2, -0.15) is 4.98 Å². The Morgan fingerprint density at radius 3 is 2.52 bits per heavy atom. The van der Waals surface area contributed by atoms with Gasteiger partial charge in [0.25, 0.3) is 5.89 Å². The fraction of sp³-hybridized carbons (Fsp3) is 0.364. The summed E-state index contributed by atoms with van der Waals surface area (Å²) in [5.41, 5.74) is 3.49. The van der Waals surface area contributed by atoms with E-state index in [1.165, 1.54) is 11.1 Å². The third kappa shape index (κ3) is 4.10. The second-order valence-electron chi connectivity index (χ2n) is 7.04. The largest absolute Gasteiger partial charge is 0.372 e. The van der Waals surface area contributed by atoms with Gasteiger partial charge in [0.1, 0.15) is 0 Å². The first-order chi connectivity index (χ1) is 13.2. The standard InChI is InChI=1S/C22H25N3O2/c1-16(18-6-4-3-5-7-18)25-13-12-21(26-15-14-25)19-8-10-20(11-9-19)22-23-17(2)24-27-22/h3-11,16,21H,12-15H2,1-2H3. The van der Waals surface area contributed by atoms with Crippen molar-refractivity contribution in [1.82, 2.24) is 15.0 Å². The van der Waals surface area contributed by atoms with Crippen LogP contribution in [0.15, 0.2) is 59.1 Å². The molecule has 1 fully saturated rings. The molecule has 5 nitrogen and oxygen atoms in total. The fourth-order valence-corrected chi connectivity index (χ4v) is 3.64. The van der Waals surface area contributed by atoms with E-state index < -0.39 is 0 Å². The average molecular weight is 363 g/mol. The summed E-state index contributed by atoms with van der Waals surface area (Å²) in [4.78, 5) is 6.79. The van der Waals surface area contributed by atoms with E-state index in [0.717, 1.165) is 31.7 Å². The molecule has 1 saturated heterocycles. The lowest BCUT2D eigenvalue weighted by atomic mass is 10.0. The highest BCUT2D eigenvalue weighted by Crippen LogP contribution is 2.29. The van der Waals surface area contributed by atoms with Crippen molar-refractivity contribution in [2.75, 3.05) is 19.7 Å². The van der Waals surface area contributed by atoms with Crippen molar-refractivity contribution in [1.29, 1.82) is 0 Å².